The highest BCUT2D eigenvalue weighted by Gasteiger charge is 2.36. The Morgan fingerprint density at radius 1 is 1.25 bits per heavy atom. The summed E-state index contributed by atoms with van der Waals surface area (Å²) in [6, 6.07) is -0.806. The van der Waals surface area contributed by atoms with Crippen molar-refractivity contribution in [3.63, 3.8) is 0 Å². The fraction of sp³-hybridized carbons (Fsp3) is 0.692. The number of hydrogen-bond donors (Lipinski definition) is 0. The monoisotopic (exact) mass is 293 g/mol. The molecule has 1 heterocycles. The molecule has 0 aromatic carbocycles. The Morgan fingerprint density at radius 2 is 1.85 bits per heavy atom. The van der Waals surface area contributed by atoms with E-state index in [9.17, 15) is 22.8 Å². The van der Waals surface area contributed by atoms with E-state index in [4.69, 9.17) is 4.74 Å². The van der Waals surface area contributed by atoms with Crippen LogP contribution in [-0.4, -0.2) is 41.1 Å². The van der Waals surface area contributed by atoms with Crippen molar-refractivity contribution in [2.75, 3.05) is 6.54 Å². The van der Waals surface area contributed by atoms with Crippen molar-refractivity contribution in [2.24, 2.45) is 0 Å². The van der Waals surface area contributed by atoms with Crippen molar-refractivity contribution in [1.82, 2.24) is 4.90 Å². The van der Waals surface area contributed by atoms with Crippen LogP contribution in [0.4, 0.5) is 13.2 Å². The second kappa shape index (κ2) is 5.85. The van der Waals surface area contributed by atoms with Crippen molar-refractivity contribution in [3.8, 4) is 0 Å². The summed E-state index contributed by atoms with van der Waals surface area (Å²) >= 11 is 0. The molecule has 1 rings (SSSR count). The third kappa shape index (κ3) is 5.22. The summed E-state index contributed by atoms with van der Waals surface area (Å²) in [6.45, 7) is 5.33. The minimum absolute atomic E-state index is 0.125. The molecule has 0 aromatic rings. The molecule has 1 fully saturated rings. The molecule has 1 aliphatic heterocycles. The molecule has 0 unspecified atom stereocenters. The molecule has 1 atom stereocenters. The number of halogens is 3. The highest BCUT2D eigenvalue weighted by molar-refractivity contribution is 5.92. The summed E-state index contributed by atoms with van der Waals surface area (Å²) < 4.78 is 41.3. The van der Waals surface area contributed by atoms with Crippen molar-refractivity contribution in [2.45, 2.75) is 51.4 Å². The fourth-order valence-electron chi connectivity index (χ4n) is 1.91. The molecule has 7 heteroatoms. The maximum atomic E-state index is 12.0. The molecule has 0 saturated carbocycles. The molecule has 1 aliphatic rings. The van der Waals surface area contributed by atoms with Crippen LogP contribution >= 0.6 is 0 Å². The zero-order valence-electron chi connectivity index (χ0n) is 11.7. The normalized spacial score (nSPS) is 20.5. The summed E-state index contributed by atoms with van der Waals surface area (Å²) in [5.74, 6) is -1.40. The van der Waals surface area contributed by atoms with Gasteiger partial charge < -0.3 is 9.64 Å². The summed E-state index contributed by atoms with van der Waals surface area (Å²) in [6.07, 6.45) is -3.25. The smallest absolute Gasteiger partial charge is 0.409 e. The van der Waals surface area contributed by atoms with Gasteiger partial charge >= 0.3 is 12.1 Å². The van der Waals surface area contributed by atoms with Gasteiger partial charge in [0.2, 0.25) is 5.91 Å². The number of esters is 1. The van der Waals surface area contributed by atoms with Crippen LogP contribution in [0.2, 0.25) is 0 Å². The number of amides is 1. The second-order valence-electron chi connectivity index (χ2n) is 5.60. The molecule has 1 saturated heterocycles. The van der Waals surface area contributed by atoms with E-state index in [0.29, 0.717) is 18.9 Å². The number of nitrogens with zero attached hydrogens (tertiary/aromatic N) is 1. The lowest BCUT2D eigenvalue weighted by molar-refractivity contribution is -0.162. The van der Waals surface area contributed by atoms with Gasteiger partial charge in [-0.3, -0.25) is 4.79 Å². The van der Waals surface area contributed by atoms with E-state index < -0.39 is 29.7 Å². The third-order valence-electron chi connectivity index (χ3n) is 2.63. The van der Waals surface area contributed by atoms with E-state index >= 15 is 0 Å². The Bertz CT molecular complexity index is 410. The summed E-state index contributed by atoms with van der Waals surface area (Å²) in [4.78, 5) is 24.7. The van der Waals surface area contributed by atoms with E-state index in [-0.39, 0.29) is 12.6 Å². The summed E-state index contributed by atoms with van der Waals surface area (Å²) in [5.41, 5.74) is -0.698. The van der Waals surface area contributed by atoms with Gasteiger partial charge in [-0.2, -0.15) is 13.2 Å². The first-order chi connectivity index (χ1) is 8.99. The lowest BCUT2D eigenvalue weighted by Crippen LogP contribution is -2.43. The predicted octanol–water partition coefficient (Wildman–Crippen LogP) is 2.44. The topological polar surface area (TPSA) is 46.6 Å². The summed E-state index contributed by atoms with van der Waals surface area (Å²) in [7, 11) is 0. The van der Waals surface area contributed by atoms with Crippen LogP contribution in [0.25, 0.3) is 0 Å². The van der Waals surface area contributed by atoms with Crippen molar-refractivity contribution in [1.29, 1.82) is 0 Å². The summed E-state index contributed by atoms with van der Waals surface area (Å²) in [5, 5.41) is 0. The molecule has 20 heavy (non-hydrogen) atoms. The Hall–Kier alpha value is -1.53. The lowest BCUT2D eigenvalue weighted by atomic mass is 10.1. The van der Waals surface area contributed by atoms with Crippen LogP contribution in [0.5, 0.6) is 0 Å². The number of hydrogen-bond acceptors (Lipinski definition) is 3. The minimum atomic E-state index is -4.54. The number of allylic oxidation sites excluding steroid dienone is 1. The van der Waals surface area contributed by atoms with Gasteiger partial charge in [-0.1, -0.05) is 0 Å². The molecule has 0 aliphatic carbocycles. The fourth-order valence-corrected chi connectivity index (χ4v) is 1.91. The first kappa shape index (κ1) is 16.5. The predicted molar refractivity (Wildman–Crippen MR) is 65.8 cm³/mol. The van der Waals surface area contributed by atoms with Crippen LogP contribution < -0.4 is 0 Å². The molecule has 0 N–H and O–H groups in total. The van der Waals surface area contributed by atoms with Crippen LogP contribution in [0.1, 0.15) is 33.6 Å². The first-order valence-electron chi connectivity index (χ1n) is 6.29. The van der Waals surface area contributed by atoms with Crippen LogP contribution in [0.3, 0.4) is 0 Å². The zero-order valence-corrected chi connectivity index (χ0v) is 11.7. The molecular formula is C13H18F3NO3. The maximum absolute atomic E-state index is 12.0. The Balaban J connectivity index is 2.72. The van der Waals surface area contributed by atoms with Gasteiger partial charge in [0.05, 0.1) is 0 Å². The molecule has 1 amide bonds. The number of ether oxygens (including phenoxy) is 1. The highest BCUT2D eigenvalue weighted by atomic mass is 19.4. The number of rotatable bonds is 2. The quantitative estimate of drug-likeness (QED) is 0.580. The van der Waals surface area contributed by atoms with Gasteiger partial charge in [0.15, 0.2) is 0 Å². The Morgan fingerprint density at radius 3 is 2.35 bits per heavy atom. The molecule has 4 nitrogen and oxygen atoms in total. The van der Waals surface area contributed by atoms with Crippen molar-refractivity contribution < 1.29 is 27.5 Å². The maximum Gasteiger partial charge on any atom is 0.409 e. The average molecular weight is 293 g/mol. The average Bonchev–Trinajstić information content (AvgIpc) is 2.71. The van der Waals surface area contributed by atoms with Crippen molar-refractivity contribution >= 4 is 11.9 Å². The molecule has 0 radical (unpaired) electrons. The molecule has 114 valence electrons. The van der Waals surface area contributed by atoms with Crippen LogP contribution in [0, 0.1) is 0 Å². The SMILES string of the molecule is CC(C)(C)OC(=O)[C@@H]1CCCN1C(=O)/C=C/C(F)(F)F. The largest absolute Gasteiger partial charge is 0.458 e. The third-order valence-corrected chi connectivity index (χ3v) is 2.63. The number of carbonyl (C=O) groups is 2. The molecular weight excluding hydrogens is 275 g/mol. The van der Waals surface area contributed by atoms with E-state index in [2.05, 4.69) is 0 Å². The van der Waals surface area contributed by atoms with E-state index in [1.54, 1.807) is 20.8 Å². The zero-order chi connectivity index (χ0) is 15.6. The Kier molecular flexibility index (Phi) is 4.83. The van der Waals surface area contributed by atoms with E-state index in [1.165, 1.54) is 0 Å². The number of likely N-dealkylation sites (tertiary alicyclic amines) is 1. The van der Waals surface area contributed by atoms with Gasteiger partial charge in [-0.25, -0.2) is 4.79 Å². The number of alkyl halides is 3. The van der Waals surface area contributed by atoms with Crippen molar-refractivity contribution in [3.05, 3.63) is 12.2 Å². The van der Waals surface area contributed by atoms with Gasteiger partial charge in [-0.05, 0) is 33.6 Å². The van der Waals surface area contributed by atoms with E-state index in [1.807, 2.05) is 0 Å². The second-order valence-corrected chi connectivity index (χ2v) is 5.60. The van der Waals surface area contributed by atoms with Gasteiger partial charge in [0.25, 0.3) is 0 Å². The van der Waals surface area contributed by atoms with Crippen LogP contribution in [-0.2, 0) is 14.3 Å². The highest BCUT2D eigenvalue weighted by Crippen LogP contribution is 2.22. The first-order valence-corrected chi connectivity index (χ1v) is 6.29. The van der Waals surface area contributed by atoms with Gasteiger partial charge in [0.1, 0.15) is 11.6 Å². The minimum Gasteiger partial charge on any atom is -0.458 e. The standard InChI is InChI=1S/C13H18F3NO3/c1-12(2,3)20-11(19)9-5-4-8-17(9)10(18)6-7-13(14,15)16/h6-7,9H,4-5,8H2,1-3H3/b7-6+/t9-/m0/s1. The lowest BCUT2D eigenvalue weighted by Gasteiger charge is -2.26. The molecule has 0 spiro atoms. The van der Waals surface area contributed by atoms with E-state index in [0.717, 1.165) is 4.90 Å². The van der Waals surface area contributed by atoms with Crippen LogP contribution in [0.15, 0.2) is 12.2 Å². The molecule has 0 bridgehead atoms. The Labute approximate surface area is 115 Å². The van der Waals surface area contributed by atoms with Gasteiger partial charge in [0, 0.05) is 18.7 Å². The van der Waals surface area contributed by atoms with Gasteiger partial charge in [-0.15, -0.1) is 0 Å². The number of carbonyl (C=O) groups excluding carboxylic acids is 2. The molecule has 0 aromatic heterocycles.